The molecule has 0 atom stereocenters. The third kappa shape index (κ3) is 5.58. The van der Waals surface area contributed by atoms with Crippen LogP contribution < -0.4 is 11.1 Å². The number of carbonyl (C=O) groups is 1. The molecule has 3 N–H and O–H groups in total. The average Bonchev–Trinajstić information content (AvgIpc) is 2.27. The van der Waals surface area contributed by atoms with Crippen molar-refractivity contribution in [2.24, 2.45) is 11.1 Å². The highest BCUT2D eigenvalue weighted by Crippen LogP contribution is 2.20. The number of anilines is 1. The van der Waals surface area contributed by atoms with E-state index in [0.717, 1.165) is 16.8 Å². The van der Waals surface area contributed by atoms with Crippen molar-refractivity contribution in [3.05, 3.63) is 29.3 Å². The lowest BCUT2D eigenvalue weighted by Gasteiger charge is -2.17. The number of carbonyl (C=O) groups excluding carboxylic acids is 1. The summed E-state index contributed by atoms with van der Waals surface area (Å²) in [5.74, 6) is 5.86. The Morgan fingerprint density at radius 3 is 2.63 bits per heavy atom. The van der Waals surface area contributed by atoms with E-state index in [1.807, 2.05) is 45.9 Å². The monoisotopic (exact) mass is 258 g/mol. The van der Waals surface area contributed by atoms with Gasteiger partial charge in [0.15, 0.2) is 0 Å². The summed E-state index contributed by atoms with van der Waals surface area (Å²) in [5, 5.41) is 2.90. The van der Waals surface area contributed by atoms with Crippen molar-refractivity contribution in [3.8, 4) is 11.8 Å². The maximum Gasteiger partial charge on any atom is 0.224 e. The fourth-order valence-corrected chi connectivity index (χ4v) is 1.67. The molecule has 0 saturated heterocycles. The van der Waals surface area contributed by atoms with E-state index in [4.69, 9.17) is 5.73 Å². The maximum atomic E-state index is 11.9. The van der Waals surface area contributed by atoms with Crippen molar-refractivity contribution in [1.82, 2.24) is 0 Å². The fraction of sp³-hybridized carbons (Fsp3) is 0.438. The summed E-state index contributed by atoms with van der Waals surface area (Å²) >= 11 is 0. The number of aryl methyl sites for hydroxylation is 1. The predicted molar refractivity (Wildman–Crippen MR) is 79.8 cm³/mol. The second-order valence-electron chi connectivity index (χ2n) is 5.82. The van der Waals surface area contributed by atoms with Crippen LogP contribution in [0.15, 0.2) is 18.2 Å². The quantitative estimate of drug-likeness (QED) is 0.801. The van der Waals surface area contributed by atoms with E-state index in [-0.39, 0.29) is 11.3 Å². The van der Waals surface area contributed by atoms with Crippen LogP contribution in [-0.2, 0) is 4.79 Å². The Bertz CT molecular complexity index is 516. The molecule has 1 aromatic carbocycles. The second kappa shape index (κ2) is 6.40. The molecule has 19 heavy (non-hydrogen) atoms. The van der Waals surface area contributed by atoms with Crippen LogP contribution in [0.5, 0.6) is 0 Å². The molecule has 0 fully saturated rings. The van der Waals surface area contributed by atoms with Crippen LogP contribution in [-0.4, -0.2) is 12.5 Å². The molecular weight excluding hydrogens is 236 g/mol. The predicted octanol–water partition coefficient (Wildman–Crippen LogP) is 2.68. The molecule has 3 heteroatoms. The lowest BCUT2D eigenvalue weighted by atomic mass is 9.92. The van der Waals surface area contributed by atoms with Crippen molar-refractivity contribution < 1.29 is 4.79 Å². The SMILES string of the molecule is Cc1ccc(NC(=O)CC(C)(C)C)cc1C#CCN. The third-order valence-corrected chi connectivity index (χ3v) is 2.54. The van der Waals surface area contributed by atoms with E-state index in [1.165, 1.54) is 0 Å². The number of nitrogens with one attached hydrogen (secondary N) is 1. The first-order chi connectivity index (χ1) is 8.81. The van der Waals surface area contributed by atoms with Crippen LogP contribution in [0.4, 0.5) is 5.69 Å². The van der Waals surface area contributed by atoms with Crippen LogP contribution in [0.3, 0.4) is 0 Å². The van der Waals surface area contributed by atoms with Crippen LogP contribution in [0.2, 0.25) is 0 Å². The van der Waals surface area contributed by atoms with Gasteiger partial charge in [-0.15, -0.1) is 0 Å². The highest BCUT2D eigenvalue weighted by molar-refractivity contribution is 5.91. The number of amides is 1. The molecule has 0 spiro atoms. The van der Waals surface area contributed by atoms with E-state index in [2.05, 4.69) is 17.2 Å². The molecule has 1 rings (SSSR count). The van der Waals surface area contributed by atoms with Gasteiger partial charge in [-0.25, -0.2) is 0 Å². The van der Waals surface area contributed by atoms with Crippen LogP contribution in [0.1, 0.15) is 38.3 Å². The summed E-state index contributed by atoms with van der Waals surface area (Å²) in [6, 6.07) is 5.73. The zero-order valence-corrected chi connectivity index (χ0v) is 12.1. The molecule has 0 radical (unpaired) electrons. The number of hydrogen-bond acceptors (Lipinski definition) is 2. The fourth-order valence-electron chi connectivity index (χ4n) is 1.67. The number of hydrogen-bond donors (Lipinski definition) is 2. The van der Waals surface area contributed by atoms with Gasteiger partial charge in [0.2, 0.25) is 5.91 Å². The minimum atomic E-state index is -0.0169. The van der Waals surface area contributed by atoms with Crippen LogP contribution >= 0.6 is 0 Å². The Labute approximate surface area is 115 Å². The van der Waals surface area contributed by atoms with Gasteiger partial charge in [0.05, 0.1) is 6.54 Å². The summed E-state index contributed by atoms with van der Waals surface area (Å²) in [4.78, 5) is 11.9. The number of benzene rings is 1. The average molecular weight is 258 g/mol. The summed E-state index contributed by atoms with van der Waals surface area (Å²) in [7, 11) is 0. The molecule has 1 aromatic rings. The summed E-state index contributed by atoms with van der Waals surface area (Å²) in [5.41, 5.74) is 8.11. The molecule has 0 heterocycles. The molecule has 0 aliphatic rings. The van der Waals surface area contributed by atoms with Crippen LogP contribution in [0.25, 0.3) is 0 Å². The summed E-state index contributed by atoms with van der Waals surface area (Å²) in [6.07, 6.45) is 0.491. The Balaban J connectivity index is 2.83. The zero-order chi connectivity index (χ0) is 14.5. The van der Waals surface area contributed by atoms with Crippen molar-refractivity contribution in [1.29, 1.82) is 0 Å². The van der Waals surface area contributed by atoms with E-state index >= 15 is 0 Å². The van der Waals surface area contributed by atoms with Crippen molar-refractivity contribution in [3.63, 3.8) is 0 Å². The first-order valence-electron chi connectivity index (χ1n) is 6.41. The highest BCUT2D eigenvalue weighted by atomic mass is 16.1. The lowest BCUT2D eigenvalue weighted by Crippen LogP contribution is -2.19. The van der Waals surface area contributed by atoms with Gasteiger partial charge < -0.3 is 11.1 Å². The van der Waals surface area contributed by atoms with Crippen molar-refractivity contribution in [2.75, 3.05) is 11.9 Å². The van der Waals surface area contributed by atoms with E-state index in [9.17, 15) is 4.79 Å². The van der Waals surface area contributed by atoms with Gasteiger partial charge in [-0.05, 0) is 30.0 Å². The van der Waals surface area contributed by atoms with Crippen LogP contribution in [0, 0.1) is 24.2 Å². The van der Waals surface area contributed by atoms with Gasteiger partial charge in [0.25, 0.3) is 0 Å². The molecule has 1 amide bonds. The Hall–Kier alpha value is -1.79. The van der Waals surface area contributed by atoms with Gasteiger partial charge in [-0.3, -0.25) is 4.79 Å². The molecular formula is C16H22N2O. The van der Waals surface area contributed by atoms with Gasteiger partial charge in [-0.1, -0.05) is 38.7 Å². The molecule has 0 aliphatic heterocycles. The lowest BCUT2D eigenvalue weighted by molar-refractivity contribution is -0.117. The number of rotatable bonds is 2. The highest BCUT2D eigenvalue weighted by Gasteiger charge is 2.15. The van der Waals surface area contributed by atoms with Crippen molar-refractivity contribution in [2.45, 2.75) is 34.1 Å². The minimum Gasteiger partial charge on any atom is -0.326 e. The largest absolute Gasteiger partial charge is 0.326 e. The Kier molecular flexibility index (Phi) is 5.14. The molecule has 0 unspecified atom stereocenters. The molecule has 3 nitrogen and oxygen atoms in total. The Morgan fingerprint density at radius 2 is 2.05 bits per heavy atom. The van der Waals surface area contributed by atoms with E-state index in [1.54, 1.807) is 0 Å². The molecule has 0 bridgehead atoms. The molecule has 0 aliphatic carbocycles. The standard InChI is InChI=1S/C16H22N2O/c1-12-7-8-14(10-13(12)6-5-9-17)18-15(19)11-16(2,3)4/h7-8,10H,9,11,17H2,1-4H3,(H,18,19). The molecule has 0 saturated carbocycles. The smallest absolute Gasteiger partial charge is 0.224 e. The summed E-state index contributed by atoms with van der Waals surface area (Å²) in [6.45, 7) is 8.45. The van der Waals surface area contributed by atoms with Gasteiger partial charge in [-0.2, -0.15) is 0 Å². The zero-order valence-electron chi connectivity index (χ0n) is 12.1. The Morgan fingerprint density at radius 1 is 1.37 bits per heavy atom. The topological polar surface area (TPSA) is 55.1 Å². The normalized spacial score (nSPS) is 10.6. The van der Waals surface area contributed by atoms with Crippen molar-refractivity contribution >= 4 is 11.6 Å². The number of nitrogens with two attached hydrogens (primary N) is 1. The molecule has 0 aromatic heterocycles. The second-order valence-corrected chi connectivity index (χ2v) is 5.82. The van der Waals surface area contributed by atoms with Gasteiger partial charge in [0, 0.05) is 17.7 Å². The van der Waals surface area contributed by atoms with E-state index in [0.29, 0.717) is 13.0 Å². The first kappa shape index (κ1) is 15.3. The first-order valence-corrected chi connectivity index (χ1v) is 6.41. The molecule has 102 valence electrons. The van der Waals surface area contributed by atoms with Gasteiger partial charge in [0.1, 0.15) is 0 Å². The van der Waals surface area contributed by atoms with E-state index < -0.39 is 0 Å². The minimum absolute atomic E-state index is 0.0169. The maximum absolute atomic E-state index is 11.9. The van der Waals surface area contributed by atoms with Gasteiger partial charge >= 0.3 is 0 Å². The third-order valence-electron chi connectivity index (χ3n) is 2.54. The summed E-state index contributed by atoms with van der Waals surface area (Å²) < 4.78 is 0.